The molecule has 0 saturated carbocycles. The van der Waals surface area contributed by atoms with Crippen molar-refractivity contribution in [2.45, 2.75) is 6.18 Å². The summed E-state index contributed by atoms with van der Waals surface area (Å²) in [4.78, 5) is 16.7. The Morgan fingerprint density at radius 3 is 2.37 bits per heavy atom. The van der Waals surface area contributed by atoms with Gasteiger partial charge in [-0.2, -0.15) is 13.2 Å². The molecule has 19 heavy (non-hydrogen) atoms. The molecule has 0 bridgehead atoms. The Bertz CT molecular complexity index is 588. The monoisotopic (exact) mass is 270 g/mol. The highest BCUT2D eigenvalue weighted by molar-refractivity contribution is 5.89. The first-order valence-electron chi connectivity index (χ1n) is 5.23. The van der Waals surface area contributed by atoms with E-state index in [4.69, 9.17) is 0 Å². The van der Waals surface area contributed by atoms with Crippen LogP contribution in [0, 0.1) is 0 Å². The minimum atomic E-state index is -4.51. The molecule has 1 N–H and O–H groups in total. The highest BCUT2D eigenvalue weighted by Gasteiger charge is 2.34. The summed E-state index contributed by atoms with van der Waals surface area (Å²) < 4.78 is 41.7. The Labute approximate surface area is 106 Å². The van der Waals surface area contributed by atoms with Crippen LogP contribution in [0.5, 0.6) is 0 Å². The van der Waals surface area contributed by atoms with Crippen molar-refractivity contribution in [3.05, 3.63) is 41.9 Å². The smallest absolute Gasteiger partial charge is 0.449 e. The minimum Gasteiger partial charge on any atom is -0.465 e. The number of alkyl halides is 3. The van der Waals surface area contributed by atoms with Crippen LogP contribution >= 0.6 is 0 Å². The maximum atomic E-state index is 12.4. The van der Waals surface area contributed by atoms with Gasteiger partial charge in [0.1, 0.15) is 0 Å². The van der Waals surface area contributed by atoms with E-state index in [9.17, 15) is 18.0 Å². The van der Waals surface area contributed by atoms with Crippen LogP contribution in [-0.4, -0.2) is 23.0 Å². The number of imidazole rings is 1. The van der Waals surface area contributed by atoms with Crippen LogP contribution < -0.4 is 0 Å². The van der Waals surface area contributed by atoms with Gasteiger partial charge in [0, 0.05) is 11.8 Å². The first kappa shape index (κ1) is 13.1. The van der Waals surface area contributed by atoms with Crippen molar-refractivity contribution in [1.29, 1.82) is 0 Å². The number of H-pyrrole nitrogens is 1. The molecule has 1 aromatic heterocycles. The highest BCUT2D eigenvalue weighted by atomic mass is 19.4. The van der Waals surface area contributed by atoms with Crippen molar-refractivity contribution >= 4 is 5.97 Å². The van der Waals surface area contributed by atoms with Crippen LogP contribution in [0.3, 0.4) is 0 Å². The lowest BCUT2D eigenvalue weighted by Crippen LogP contribution is -2.07. The van der Waals surface area contributed by atoms with Gasteiger partial charge in [-0.25, -0.2) is 9.78 Å². The normalized spacial score (nSPS) is 11.4. The predicted octanol–water partition coefficient (Wildman–Crippen LogP) is 2.88. The molecule has 0 fully saturated rings. The summed E-state index contributed by atoms with van der Waals surface area (Å²) in [6.45, 7) is 0. The molecular weight excluding hydrogens is 261 g/mol. The molecule has 7 heteroatoms. The van der Waals surface area contributed by atoms with Crippen molar-refractivity contribution in [1.82, 2.24) is 9.97 Å². The quantitative estimate of drug-likeness (QED) is 0.854. The molecule has 0 amide bonds. The molecule has 0 unspecified atom stereocenters. The molecule has 1 heterocycles. The zero-order chi connectivity index (χ0) is 14.0. The number of halogens is 3. The molecule has 0 aliphatic rings. The van der Waals surface area contributed by atoms with Crippen LogP contribution in [0.2, 0.25) is 0 Å². The van der Waals surface area contributed by atoms with Gasteiger partial charge in [0.15, 0.2) is 0 Å². The molecule has 0 atom stereocenters. The molecule has 100 valence electrons. The number of aromatic nitrogens is 2. The topological polar surface area (TPSA) is 55.0 Å². The van der Waals surface area contributed by atoms with E-state index >= 15 is 0 Å². The van der Waals surface area contributed by atoms with Gasteiger partial charge in [0.2, 0.25) is 5.82 Å². The number of ether oxygens (including phenoxy) is 1. The standard InChI is InChI=1S/C12H9F3N2O2/c1-19-10(18)8-4-2-7(3-5-8)9-6-16-11(17-9)12(13,14)15/h2-6H,1H3,(H,16,17). The predicted molar refractivity (Wildman–Crippen MR) is 60.4 cm³/mol. The summed E-state index contributed by atoms with van der Waals surface area (Å²) in [5.74, 6) is -1.57. The van der Waals surface area contributed by atoms with E-state index in [0.29, 0.717) is 11.1 Å². The fourth-order valence-electron chi connectivity index (χ4n) is 1.51. The van der Waals surface area contributed by atoms with Crippen LogP contribution in [0.4, 0.5) is 13.2 Å². The van der Waals surface area contributed by atoms with Gasteiger partial charge in [0.25, 0.3) is 0 Å². The van der Waals surface area contributed by atoms with Crippen molar-refractivity contribution in [3.8, 4) is 11.3 Å². The second kappa shape index (κ2) is 4.75. The highest BCUT2D eigenvalue weighted by Crippen LogP contribution is 2.28. The summed E-state index contributed by atoms with van der Waals surface area (Å²) in [6, 6.07) is 5.93. The lowest BCUT2D eigenvalue weighted by Gasteiger charge is -2.01. The number of hydrogen-bond donors (Lipinski definition) is 1. The van der Waals surface area contributed by atoms with Crippen LogP contribution in [0.1, 0.15) is 16.2 Å². The zero-order valence-corrected chi connectivity index (χ0v) is 9.78. The third kappa shape index (κ3) is 2.75. The number of aromatic amines is 1. The fourth-order valence-corrected chi connectivity index (χ4v) is 1.51. The number of benzene rings is 1. The van der Waals surface area contributed by atoms with E-state index < -0.39 is 18.0 Å². The molecule has 2 aromatic rings. The van der Waals surface area contributed by atoms with Gasteiger partial charge >= 0.3 is 12.1 Å². The number of methoxy groups -OCH3 is 1. The molecule has 0 spiro atoms. The Morgan fingerprint density at radius 1 is 1.26 bits per heavy atom. The Kier molecular flexibility index (Phi) is 3.28. The fraction of sp³-hybridized carbons (Fsp3) is 0.167. The average molecular weight is 270 g/mol. The number of rotatable bonds is 2. The van der Waals surface area contributed by atoms with E-state index in [1.165, 1.54) is 31.4 Å². The lowest BCUT2D eigenvalue weighted by molar-refractivity contribution is -0.144. The van der Waals surface area contributed by atoms with Crippen LogP contribution in [0.25, 0.3) is 11.3 Å². The summed E-state index contributed by atoms with van der Waals surface area (Å²) in [5.41, 5.74) is 0.945. The Hall–Kier alpha value is -2.31. The lowest BCUT2D eigenvalue weighted by atomic mass is 10.1. The largest absolute Gasteiger partial charge is 0.465 e. The SMILES string of the molecule is COC(=O)c1ccc(-c2c[nH]c(C(F)(F)F)n2)cc1. The first-order chi connectivity index (χ1) is 8.91. The van der Waals surface area contributed by atoms with E-state index in [0.717, 1.165) is 6.20 Å². The van der Waals surface area contributed by atoms with Crippen molar-refractivity contribution < 1.29 is 22.7 Å². The number of nitrogens with one attached hydrogen (secondary N) is 1. The van der Waals surface area contributed by atoms with Gasteiger partial charge in [0.05, 0.1) is 18.4 Å². The van der Waals surface area contributed by atoms with Gasteiger partial charge in [-0.3, -0.25) is 0 Å². The summed E-state index contributed by atoms with van der Waals surface area (Å²) >= 11 is 0. The molecule has 0 saturated heterocycles. The number of hydrogen-bond acceptors (Lipinski definition) is 3. The molecular formula is C12H9F3N2O2. The third-order valence-electron chi connectivity index (χ3n) is 2.45. The maximum absolute atomic E-state index is 12.4. The third-order valence-corrected chi connectivity index (χ3v) is 2.45. The van der Waals surface area contributed by atoms with Gasteiger partial charge in [-0.05, 0) is 12.1 Å². The van der Waals surface area contributed by atoms with Crippen LogP contribution in [-0.2, 0) is 10.9 Å². The van der Waals surface area contributed by atoms with E-state index in [-0.39, 0.29) is 5.69 Å². The molecule has 0 aliphatic carbocycles. The number of carbonyl (C=O) groups is 1. The van der Waals surface area contributed by atoms with E-state index in [2.05, 4.69) is 14.7 Å². The molecule has 0 aliphatic heterocycles. The Balaban J connectivity index is 2.28. The van der Waals surface area contributed by atoms with Gasteiger partial charge in [-0.1, -0.05) is 12.1 Å². The molecule has 1 aromatic carbocycles. The molecule has 0 radical (unpaired) electrons. The van der Waals surface area contributed by atoms with Crippen molar-refractivity contribution in [3.63, 3.8) is 0 Å². The minimum absolute atomic E-state index is 0.156. The summed E-state index contributed by atoms with van der Waals surface area (Å²) in [7, 11) is 1.25. The zero-order valence-electron chi connectivity index (χ0n) is 9.78. The van der Waals surface area contributed by atoms with E-state index in [1.807, 2.05) is 0 Å². The molecule has 4 nitrogen and oxygen atoms in total. The number of esters is 1. The second-order valence-electron chi connectivity index (χ2n) is 3.70. The summed E-state index contributed by atoms with van der Waals surface area (Å²) in [5, 5.41) is 0. The van der Waals surface area contributed by atoms with Crippen molar-refractivity contribution in [2.75, 3.05) is 7.11 Å². The van der Waals surface area contributed by atoms with Crippen LogP contribution in [0.15, 0.2) is 30.5 Å². The maximum Gasteiger partial charge on any atom is 0.449 e. The Morgan fingerprint density at radius 2 is 1.89 bits per heavy atom. The molecule has 2 rings (SSSR count). The second-order valence-corrected chi connectivity index (χ2v) is 3.70. The van der Waals surface area contributed by atoms with Gasteiger partial charge < -0.3 is 9.72 Å². The van der Waals surface area contributed by atoms with E-state index in [1.54, 1.807) is 0 Å². The number of nitrogens with zero attached hydrogens (tertiary/aromatic N) is 1. The number of carbonyl (C=O) groups excluding carboxylic acids is 1. The van der Waals surface area contributed by atoms with Crippen molar-refractivity contribution in [2.24, 2.45) is 0 Å². The average Bonchev–Trinajstić information content (AvgIpc) is 2.87. The summed E-state index contributed by atoms with van der Waals surface area (Å²) in [6.07, 6.45) is -3.35. The van der Waals surface area contributed by atoms with Gasteiger partial charge in [-0.15, -0.1) is 0 Å². The first-order valence-corrected chi connectivity index (χ1v) is 5.23.